The molecule has 1 fully saturated rings. The van der Waals surface area contributed by atoms with Gasteiger partial charge in [0.15, 0.2) is 11.5 Å². The quantitative estimate of drug-likeness (QED) is 0.859. The van der Waals surface area contributed by atoms with Gasteiger partial charge in [0.2, 0.25) is 0 Å². The zero-order valence-corrected chi connectivity index (χ0v) is 12.4. The van der Waals surface area contributed by atoms with Crippen LogP contribution in [0.1, 0.15) is 18.4 Å². The highest BCUT2D eigenvalue weighted by Gasteiger charge is 2.25. The fraction of sp³-hybridized carbons (Fsp3) is 0.600. The Labute approximate surface area is 120 Å². The van der Waals surface area contributed by atoms with Gasteiger partial charge >= 0.3 is 0 Å². The van der Waals surface area contributed by atoms with Crippen molar-refractivity contribution in [2.24, 2.45) is 0 Å². The van der Waals surface area contributed by atoms with Crippen molar-refractivity contribution in [2.45, 2.75) is 25.4 Å². The summed E-state index contributed by atoms with van der Waals surface area (Å²) in [6.07, 6.45) is 2.17. The van der Waals surface area contributed by atoms with E-state index in [0.29, 0.717) is 11.5 Å². The second-order valence-electron chi connectivity index (χ2n) is 4.97. The zero-order chi connectivity index (χ0) is 14.5. The van der Waals surface area contributed by atoms with Crippen LogP contribution in [0.2, 0.25) is 0 Å². The van der Waals surface area contributed by atoms with Gasteiger partial charge in [-0.25, -0.2) is 0 Å². The highest BCUT2D eigenvalue weighted by atomic mass is 16.5. The van der Waals surface area contributed by atoms with Crippen LogP contribution in [0, 0.1) is 0 Å². The lowest BCUT2D eigenvalue weighted by Crippen LogP contribution is -2.31. The highest BCUT2D eigenvalue weighted by Crippen LogP contribution is 2.36. The molecule has 112 valence electrons. The van der Waals surface area contributed by atoms with Gasteiger partial charge in [-0.05, 0) is 25.5 Å². The lowest BCUT2D eigenvalue weighted by molar-refractivity contribution is 0.152. The van der Waals surface area contributed by atoms with Crippen molar-refractivity contribution in [1.29, 1.82) is 0 Å². The SMILES string of the molecule is COc1cc(OC)c(OC)cc1CN1CCC[C@@H]1CO. The van der Waals surface area contributed by atoms with E-state index >= 15 is 0 Å². The summed E-state index contributed by atoms with van der Waals surface area (Å²) in [4.78, 5) is 2.28. The molecule has 0 amide bonds. The maximum atomic E-state index is 9.41. The van der Waals surface area contributed by atoms with Crippen LogP contribution in [0.4, 0.5) is 0 Å². The van der Waals surface area contributed by atoms with Crippen molar-refractivity contribution in [3.05, 3.63) is 17.7 Å². The van der Waals surface area contributed by atoms with Crippen LogP contribution < -0.4 is 14.2 Å². The summed E-state index contributed by atoms with van der Waals surface area (Å²) in [6.45, 7) is 1.95. The minimum Gasteiger partial charge on any atom is -0.496 e. The predicted molar refractivity (Wildman–Crippen MR) is 76.6 cm³/mol. The maximum absolute atomic E-state index is 9.41. The van der Waals surface area contributed by atoms with E-state index in [-0.39, 0.29) is 12.6 Å². The second-order valence-corrected chi connectivity index (χ2v) is 4.97. The Morgan fingerprint density at radius 1 is 1.10 bits per heavy atom. The molecule has 1 aromatic rings. The Morgan fingerprint density at radius 3 is 2.35 bits per heavy atom. The van der Waals surface area contributed by atoms with Gasteiger partial charge in [-0.15, -0.1) is 0 Å². The molecule has 0 radical (unpaired) electrons. The minimum atomic E-state index is 0.204. The molecule has 20 heavy (non-hydrogen) atoms. The number of benzene rings is 1. The predicted octanol–water partition coefficient (Wildman–Crippen LogP) is 1.67. The fourth-order valence-electron chi connectivity index (χ4n) is 2.74. The van der Waals surface area contributed by atoms with Gasteiger partial charge in [0, 0.05) is 24.2 Å². The largest absolute Gasteiger partial charge is 0.496 e. The Balaban J connectivity index is 2.25. The van der Waals surface area contributed by atoms with E-state index in [4.69, 9.17) is 14.2 Å². The first-order chi connectivity index (χ1) is 9.73. The summed E-state index contributed by atoms with van der Waals surface area (Å²) in [5.74, 6) is 2.14. The Hall–Kier alpha value is -1.46. The van der Waals surface area contributed by atoms with Crippen molar-refractivity contribution in [3.8, 4) is 17.2 Å². The summed E-state index contributed by atoms with van der Waals surface area (Å²) in [7, 11) is 4.89. The van der Waals surface area contributed by atoms with Crippen molar-refractivity contribution >= 4 is 0 Å². The lowest BCUT2D eigenvalue weighted by atomic mass is 10.1. The number of methoxy groups -OCH3 is 3. The standard InChI is InChI=1S/C15H23NO4/c1-18-13-8-15(20-3)14(19-2)7-11(13)9-16-6-4-5-12(16)10-17/h7-8,12,17H,4-6,9-10H2,1-3H3/t12-/m1/s1. The van der Waals surface area contributed by atoms with Crippen LogP contribution >= 0.6 is 0 Å². The first-order valence-corrected chi connectivity index (χ1v) is 6.87. The van der Waals surface area contributed by atoms with Crippen LogP contribution in [0.3, 0.4) is 0 Å². The first-order valence-electron chi connectivity index (χ1n) is 6.87. The van der Waals surface area contributed by atoms with Crippen LogP contribution in [0.15, 0.2) is 12.1 Å². The molecular weight excluding hydrogens is 258 g/mol. The van der Waals surface area contributed by atoms with E-state index in [1.54, 1.807) is 21.3 Å². The van der Waals surface area contributed by atoms with E-state index in [2.05, 4.69) is 4.90 Å². The van der Waals surface area contributed by atoms with Gasteiger partial charge in [-0.2, -0.15) is 0 Å². The molecule has 1 saturated heterocycles. The van der Waals surface area contributed by atoms with Crippen LogP contribution in [-0.4, -0.2) is 50.5 Å². The van der Waals surface area contributed by atoms with Crippen molar-refractivity contribution in [2.75, 3.05) is 34.5 Å². The molecule has 1 aromatic carbocycles. The van der Waals surface area contributed by atoms with Gasteiger partial charge in [0.25, 0.3) is 0 Å². The number of ether oxygens (including phenoxy) is 3. The molecule has 0 bridgehead atoms. The smallest absolute Gasteiger partial charge is 0.164 e. The molecule has 1 N–H and O–H groups in total. The normalized spacial score (nSPS) is 19.1. The second kappa shape index (κ2) is 6.81. The fourth-order valence-corrected chi connectivity index (χ4v) is 2.74. The summed E-state index contributed by atoms with van der Waals surface area (Å²) in [5.41, 5.74) is 1.05. The summed E-state index contributed by atoms with van der Waals surface area (Å²) in [6, 6.07) is 4.04. The van der Waals surface area contributed by atoms with Crippen molar-refractivity contribution in [3.63, 3.8) is 0 Å². The molecule has 5 heteroatoms. The zero-order valence-electron chi connectivity index (χ0n) is 12.4. The number of aliphatic hydroxyl groups excluding tert-OH is 1. The Bertz CT molecular complexity index is 450. The maximum Gasteiger partial charge on any atom is 0.164 e. The molecule has 1 aliphatic heterocycles. The van der Waals surface area contributed by atoms with Crippen molar-refractivity contribution < 1.29 is 19.3 Å². The molecule has 0 aromatic heterocycles. The number of likely N-dealkylation sites (tertiary alicyclic amines) is 1. The molecule has 1 heterocycles. The average Bonchev–Trinajstić information content (AvgIpc) is 2.93. The summed E-state index contributed by atoms with van der Waals surface area (Å²) >= 11 is 0. The molecule has 5 nitrogen and oxygen atoms in total. The molecule has 0 unspecified atom stereocenters. The molecule has 0 saturated carbocycles. The van der Waals surface area contributed by atoms with E-state index < -0.39 is 0 Å². The summed E-state index contributed by atoms with van der Waals surface area (Å²) < 4.78 is 16.1. The Kier molecular flexibility index (Phi) is 5.09. The van der Waals surface area contributed by atoms with Crippen LogP contribution in [0.25, 0.3) is 0 Å². The lowest BCUT2D eigenvalue weighted by Gasteiger charge is -2.24. The van der Waals surface area contributed by atoms with Crippen LogP contribution in [-0.2, 0) is 6.54 Å². The number of nitrogens with zero attached hydrogens (tertiary/aromatic N) is 1. The molecular formula is C15H23NO4. The first kappa shape index (κ1) is 14.9. The average molecular weight is 281 g/mol. The monoisotopic (exact) mass is 281 g/mol. The van der Waals surface area contributed by atoms with E-state index in [1.165, 1.54) is 0 Å². The van der Waals surface area contributed by atoms with Crippen LogP contribution in [0.5, 0.6) is 17.2 Å². The number of rotatable bonds is 6. The number of aliphatic hydroxyl groups is 1. The highest BCUT2D eigenvalue weighted by molar-refractivity contribution is 5.50. The minimum absolute atomic E-state index is 0.204. The molecule has 1 atom stereocenters. The third-order valence-electron chi connectivity index (χ3n) is 3.87. The number of hydrogen-bond acceptors (Lipinski definition) is 5. The van der Waals surface area contributed by atoms with Gasteiger partial charge in [-0.3, -0.25) is 4.90 Å². The number of hydrogen-bond donors (Lipinski definition) is 1. The van der Waals surface area contributed by atoms with Gasteiger partial charge in [0.05, 0.1) is 27.9 Å². The molecule has 2 rings (SSSR count). The van der Waals surface area contributed by atoms with Crippen molar-refractivity contribution in [1.82, 2.24) is 4.90 Å². The molecule has 0 aliphatic carbocycles. The van der Waals surface area contributed by atoms with E-state index in [0.717, 1.165) is 37.2 Å². The van der Waals surface area contributed by atoms with Gasteiger partial charge in [0.1, 0.15) is 5.75 Å². The van der Waals surface area contributed by atoms with E-state index in [1.807, 2.05) is 12.1 Å². The van der Waals surface area contributed by atoms with Gasteiger partial charge in [-0.1, -0.05) is 0 Å². The Morgan fingerprint density at radius 2 is 1.75 bits per heavy atom. The third-order valence-corrected chi connectivity index (χ3v) is 3.87. The molecule has 1 aliphatic rings. The molecule has 0 spiro atoms. The topological polar surface area (TPSA) is 51.2 Å². The van der Waals surface area contributed by atoms with Gasteiger partial charge < -0.3 is 19.3 Å². The van der Waals surface area contributed by atoms with E-state index in [9.17, 15) is 5.11 Å². The summed E-state index contributed by atoms with van der Waals surface area (Å²) in [5, 5.41) is 9.41. The third kappa shape index (κ3) is 2.99.